The number of fused-ring (bicyclic) bond motifs is 1. The van der Waals surface area contributed by atoms with Crippen molar-refractivity contribution in [2.75, 3.05) is 5.32 Å². The van der Waals surface area contributed by atoms with E-state index in [1.807, 2.05) is 12.1 Å². The number of rotatable bonds is 0. The number of nitrogens with one attached hydrogen (secondary N) is 1. The van der Waals surface area contributed by atoms with E-state index in [0.29, 0.717) is 0 Å². The summed E-state index contributed by atoms with van der Waals surface area (Å²) in [5.41, 5.74) is 1.85. The first-order valence-electron chi connectivity index (χ1n) is 4.56. The average molecular weight is 174 g/mol. The van der Waals surface area contributed by atoms with Gasteiger partial charge in [0.15, 0.2) is 0 Å². The topological polar surface area (TPSA) is 42.0 Å². The first kappa shape index (κ1) is 7.06. The molecule has 3 heteroatoms. The lowest BCUT2D eigenvalue weighted by Crippen LogP contribution is -2.31. The summed E-state index contributed by atoms with van der Waals surface area (Å²) in [5.74, 6) is 0.188. The fraction of sp³-hybridized carbons (Fsp3) is 0.400. The molecule has 3 rings (SSSR count). The molecule has 0 bridgehead atoms. The predicted molar refractivity (Wildman–Crippen MR) is 48.2 cm³/mol. The zero-order chi connectivity index (χ0) is 8.89. The highest BCUT2D eigenvalue weighted by Gasteiger charge is 2.52. The largest absolute Gasteiger partial charge is 0.324 e. The Morgan fingerprint density at radius 2 is 2.31 bits per heavy atom. The molecule has 13 heavy (non-hydrogen) atoms. The Morgan fingerprint density at radius 1 is 1.46 bits per heavy atom. The van der Waals surface area contributed by atoms with Crippen LogP contribution in [0, 0.1) is 5.41 Å². The van der Waals surface area contributed by atoms with Crippen LogP contribution in [0.15, 0.2) is 18.3 Å². The van der Waals surface area contributed by atoms with E-state index in [-0.39, 0.29) is 11.3 Å². The third-order valence-electron chi connectivity index (χ3n) is 2.98. The van der Waals surface area contributed by atoms with Crippen molar-refractivity contribution in [3.63, 3.8) is 0 Å². The number of carbonyl (C=O) groups is 1. The normalized spacial score (nSPS) is 22.3. The van der Waals surface area contributed by atoms with Crippen LogP contribution in [0.1, 0.15) is 18.5 Å². The van der Waals surface area contributed by atoms with Crippen LogP contribution in [0.2, 0.25) is 0 Å². The lowest BCUT2D eigenvalue weighted by molar-refractivity contribution is -0.121. The van der Waals surface area contributed by atoms with E-state index in [1.54, 1.807) is 6.20 Å². The van der Waals surface area contributed by atoms with Gasteiger partial charge in [0, 0.05) is 12.6 Å². The number of carbonyl (C=O) groups excluding carboxylic acids is 1. The molecule has 0 radical (unpaired) electrons. The van der Waals surface area contributed by atoms with Gasteiger partial charge in [-0.3, -0.25) is 9.78 Å². The summed E-state index contributed by atoms with van der Waals surface area (Å²) in [7, 11) is 0. The van der Waals surface area contributed by atoms with Crippen LogP contribution in [-0.2, 0) is 11.2 Å². The molecule has 1 aliphatic heterocycles. The standard InChI is InChI=1S/C10H10N2O/c13-9-10(3-4-10)6-8-7(12-9)2-1-5-11-8/h1-2,5H,3-4,6H2,(H,12,13). The second-order valence-electron chi connectivity index (χ2n) is 3.91. The van der Waals surface area contributed by atoms with Gasteiger partial charge in [-0.25, -0.2) is 0 Å². The summed E-state index contributed by atoms with van der Waals surface area (Å²) in [4.78, 5) is 15.9. The van der Waals surface area contributed by atoms with E-state index in [9.17, 15) is 4.79 Å². The summed E-state index contributed by atoms with van der Waals surface area (Å²) < 4.78 is 0. The Morgan fingerprint density at radius 3 is 3.08 bits per heavy atom. The molecule has 1 saturated carbocycles. The van der Waals surface area contributed by atoms with Gasteiger partial charge < -0.3 is 5.32 Å². The van der Waals surface area contributed by atoms with Gasteiger partial charge in [0.25, 0.3) is 0 Å². The zero-order valence-electron chi connectivity index (χ0n) is 7.21. The van der Waals surface area contributed by atoms with Crippen molar-refractivity contribution in [1.29, 1.82) is 0 Å². The van der Waals surface area contributed by atoms with Crippen molar-refractivity contribution in [2.45, 2.75) is 19.3 Å². The summed E-state index contributed by atoms with van der Waals surface area (Å²) in [6, 6.07) is 3.76. The Hall–Kier alpha value is -1.38. The molecule has 1 spiro atoms. The van der Waals surface area contributed by atoms with Gasteiger partial charge in [-0.1, -0.05) is 0 Å². The second-order valence-corrected chi connectivity index (χ2v) is 3.91. The minimum Gasteiger partial charge on any atom is -0.324 e. The Kier molecular flexibility index (Phi) is 1.14. The summed E-state index contributed by atoms with van der Waals surface area (Å²) in [5, 5.41) is 2.91. The first-order chi connectivity index (χ1) is 6.30. The molecular weight excluding hydrogens is 164 g/mol. The van der Waals surface area contributed by atoms with E-state index >= 15 is 0 Å². The fourth-order valence-corrected chi connectivity index (χ4v) is 1.90. The molecule has 0 unspecified atom stereocenters. The van der Waals surface area contributed by atoms with E-state index in [4.69, 9.17) is 0 Å². The van der Waals surface area contributed by atoms with E-state index in [0.717, 1.165) is 30.6 Å². The Balaban J connectivity index is 2.07. The number of amides is 1. The molecule has 66 valence electrons. The van der Waals surface area contributed by atoms with Crippen molar-refractivity contribution in [3.8, 4) is 0 Å². The predicted octanol–water partition coefficient (Wildman–Crippen LogP) is 1.36. The Bertz CT molecular complexity index is 382. The highest BCUT2D eigenvalue weighted by atomic mass is 16.2. The van der Waals surface area contributed by atoms with Crippen LogP contribution < -0.4 is 5.32 Å². The van der Waals surface area contributed by atoms with E-state index < -0.39 is 0 Å². The number of nitrogens with zero attached hydrogens (tertiary/aromatic N) is 1. The lowest BCUT2D eigenvalue weighted by Gasteiger charge is -2.22. The summed E-state index contributed by atoms with van der Waals surface area (Å²) in [6.07, 6.45) is 4.66. The molecule has 0 aromatic carbocycles. The number of aromatic nitrogens is 1. The molecule has 1 amide bonds. The molecule has 1 aromatic heterocycles. The molecule has 1 fully saturated rings. The molecular formula is C10H10N2O. The summed E-state index contributed by atoms with van der Waals surface area (Å²) in [6.45, 7) is 0. The van der Waals surface area contributed by atoms with Gasteiger partial charge in [-0.05, 0) is 25.0 Å². The smallest absolute Gasteiger partial charge is 0.231 e. The van der Waals surface area contributed by atoms with Crippen molar-refractivity contribution < 1.29 is 4.79 Å². The Labute approximate surface area is 76.2 Å². The van der Waals surface area contributed by atoms with Gasteiger partial charge in [-0.2, -0.15) is 0 Å². The van der Waals surface area contributed by atoms with E-state index in [1.165, 1.54) is 0 Å². The highest BCUT2D eigenvalue weighted by Crippen LogP contribution is 2.51. The zero-order valence-corrected chi connectivity index (χ0v) is 7.21. The van der Waals surface area contributed by atoms with Crippen molar-refractivity contribution >= 4 is 11.6 Å². The minimum absolute atomic E-state index is 0.0820. The minimum atomic E-state index is -0.0820. The summed E-state index contributed by atoms with van der Waals surface area (Å²) >= 11 is 0. The quantitative estimate of drug-likeness (QED) is 0.645. The van der Waals surface area contributed by atoms with Gasteiger partial charge in [0.1, 0.15) is 0 Å². The van der Waals surface area contributed by atoms with Crippen LogP contribution in [0.4, 0.5) is 5.69 Å². The number of hydrogen-bond donors (Lipinski definition) is 1. The third kappa shape index (κ3) is 0.899. The number of pyridine rings is 1. The molecule has 1 aromatic rings. The van der Waals surface area contributed by atoms with Crippen molar-refractivity contribution in [1.82, 2.24) is 4.98 Å². The number of anilines is 1. The van der Waals surface area contributed by atoms with Gasteiger partial charge >= 0.3 is 0 Å². The molecule has 3 nitrogen and oxygen atoms in total. The fourth-order valence-electron chi connectivity index (χ4n) is 1.90. The molecule has 2 heterocycles. The molecule has 2 aliphatic rings. The SMILES string of the molecule is O=C1Nc2cccnc2CC12CC2. The molecule has 0 atom stereocenters. The molecule has 0 saturated heterocycles. The first-order valence-corrected chi connectivity index (χ1v) is 4.56. The third-order valence-corrected chi connectivity index (χ3v) is 2.98. The second kappa shape index (κ2) is 2.10. The van der Waals surface area contributed by atoms with Gasteiger partial charge in [0.05, 0.1) is 16.8 Å². The molecule has 1 N–H and O–H groups in total. The lowest BCUT2D eigenvalue weighted by atomic mass is 9.94. The van der Waals surface area contributed by atoms with Crippen LogP contribution >= 0.6 is 0 Å². The highest BCUT2D eigenvalue weighted by molar-refractivity contribution is 5.99. The maximum Gasteiger partial charge on any atom is 0.231 e. The maximum absolute atomic E-state index is 11.6. The van der Waals surface area contributed by atoms with Gasteiger partial charge in [0.2, 0.25) is 5.91 Å². The average Bonchev–Trinajstić information content (AvgIpc) is 2.88. The van der Waals surface area contributed by atoms with Crippen LogP contribution in [0.5, 0.6) is 0 Å². The van der Waals surface area contributed by atoms with Crippen LogP contribution in [-0.4, -0.2) is 10.9 Å². The van der Waals surface area contributed by atoms with Crippen LogP contribution in [0.3, 0.4) is 0 Å². The van der Waals surface area contributed by atoms with Crippen molar-refractivity contribution in [2.24, 2.45) is 5.41 Å². The van der Waals surface area contributed by atoms with Crippen LogP contribution in [0.25, 0.3) is 0 Å². The van der Waals surface area contributed by atoms with Crippen molar-refractivity contribution in [3.05, 3.63) is 24.0 Å². The monoisotopic (exact) mass is 174 g/mol. The maximum atomic E-state index is 11.6. The van der Waals surface area contributed by atoms with Gasteiger partial charge in [-0.15, -0.1) is 0 Å². The molecule has 1 aliphatic carbocycles. The van der Waals surface area contributed by atoms with E-state index in [2.05, 4.69) is 10.3 Å². The number of hydrogen-bond acceptors (Lipinski definition) is 2.